The van der Waals surface area contributed by atoms with Gasteiger partial charge in [0, 0.05) is 18.3 Å². The molecule has 1 unspecified atom stereocenters. The van der Waals surface area contributed by atoms with Crippen molar-refractivity contribution in [3.05, 3.63) is 0 Å². The molecule has 50 valence electrons. The Morgan fingerprint density at radius 2 is 2.56 bits per heavy atom. The first-order valence-corrected chi connectivity index (χ1v) is 3.38. The zero-order valence-corrected chi connectivity index (χ0v) is 5.96. The molecule has 2 heteroatoms. The summed E-state index contributed by atoms with van der Waals surface area (Å²) in [6, 6.07) is 0. The van der Waals surface area contributed by atoms with Gasteiger partial charge in [-0.05, 0) is 13.3 Å². The van der Waals surface area contributed by atoms with E-state index in [-0.39, 0.29) is 6.17 Å². The van der Waals surface area contributed by atoms with E-state index in [9.17, 15) is 0 Å². The lowest BCUT2D eigenvalue weighted by molar-refractivity contribution is 0.681. The fourth-order valence-electron chi connectivity index (χ4n) is 0.844. The first-order chi connectivity index (χ1) is 4.33. The molecule has 0 spiro atoms. The summed E-state index contributed by atoms with van der Waals surface area (Å²) in [6.07, 6.45) is 4.14. The number of aliphatic imine (C=N–C) groups is 2. The Labute approximate surface area is 55.7 Å². The lowest BCUT2D eigenvalue weighted by Crippen LogP contribution is -2.09. The van der Waals surface area contributed by atoms with Crippen molar-refractivity contribution in [2.24, 2.45) is 9.98 Å². The predicted molar refractivity (Wildman–Crippen MR) is 40.3 cm³/mol. The molecule has 0 saturated heterocycles. The van der Waals surface area contributed by atoms with Crippen LogP contribution in [0.15, 0.2) is 9.98 Å². The van der Waals surface area contributed by atoms with Gasteiger partial charge in [-0.3, -0.25) is 9.98 Å². The van der Waals surface area contributed by atoms with Gasteiger partial charge in [-0.1, -0.05) is 6.92 Å². The highest BCUT2D eigenvalue weighted by Gasteiger charge is 2.03. The Bertz CT molecular complexity index is 147. The number of nitrogens with zero attached hydrogens (tertiary/aromatic N) is 2. The summed E-state index contributed by atoms with van der Waals surface area (Å²) in [5.74, 6) is 0. The van der Waals surface area contributed by atoms with Crippen LogP contribution in [-0.4, -0.2) is 18.1 Å². The number of hydrogen-bond acceptors (Lipinski definition) is 2. The first kappa shape index (κ1) is 6.46. The SMILES string of the molecule is CCC1N=CCC(C)=N1. The Hall–Kier alpha value is -0.660. The molecule has 0 bridgehead atoms. The fraction of sp³-hybridized carbons (Fsp3) is 0.714. The van der Waals surface area contributed by atoms with Gasteiger partial charge >= 0.3 is 0 Å². The molecule has 0 N–H and O–H groups in total. The molecule has 0 aromatic carbocycles. The summed E-state index contributed by atoms with van der Waals surface area (Å²) in [6.45, 7) is 4.15. The first-order valence-electron chi connectivity index (χ1n) is 3.38. The molecule has 2 nitrogen and oxygen atoms in total. The van der Waals surface area contributed by atoms with Gasteiger partial charge in [-0.2, -0.15) is 0 Å². The average Bonchev–Trinajstić information content (AvgIpc) is 1.88. The van der Waals surface area contributed by atoms with Crippen molar-refractivity contribution < 1.29 is 0 Å². The van der Waals surface area contributed by atoms with Crippen molar-refractivity contribution in [3.8, 4) is 0 Å². The van der Waals surface area contributed by atoms with Crippen LogP contribution in [-0.2, 0) is 0 Å². The van der Waals surface area contributed by atoms with Crippen LogP contribution in [0, 0.1) is 0 Å². The molecular formula is C7H12N2. The van der Waals surface area contributed by atoms with Gasteiger partial charge in [-0.15, -0.1) is 0 Å². The van der Waals surface area contributed by atoms with Crippen LogP contribution < -0.4 is 0 Å². The lowest BCUT2D eigenvalue weighted by Gasteiger charge is -2.09. The van der Waals surface area contributed by atoms with E-state index >= 15 is 0 Å². The maximum Gasteiger partial charge on any atom is 0.138 e. The van der Waals surface area contributed by atoms with Gasteiger partial charge in [0.15, 0.2) is 0 Å². The lowest BCUT2D eigenvalue weighted by atomic mass is 10.2. The van der Waals surface area contributed by atoms with E-state index in [1.54, 1.807) is 0 Å². The molecule has 0 aliphatic carbocycles. The van der Waals surface area contributed by atoms with Gasteiger partial charge < -0.3 is 0 Å². The molecule has 1 aliphatic rings. The third kappa shape index (κ3) is 1.63. The normalized spacial score (nSPS) is 26.0. The third-order valence-electron chi connectivity index (χ3n) is 1.40. The van der Waals surface area contributed by atoms with E-state index < -0.39 is 0 Å². The number of hydrogen-bond donors (Lipinski definition) is 0. The summed E-state index contributed by atoms with van der Waals surface area (Å²) in [7, 11) is 0. The molecule has 0 aromatic rings. The Kier molecular flexibility index (Phi) is 1.98. The van der Waals surface area contributed by atoms with Crippen LogP contribution in [0.4, 0.5) is 0 Å². The largest absolute Gasteiger partial charge is 0.270 e. The van der Waals surface area contributed by atoms with E-state index in [0.29, 0.717) is 0 Å². The van der Waals surface area contributed by atoms with Gasteiger partial charge in [0.05, 0.1) is 0 Å². The van der Waals surface area contributed by atoms with Crippen molar-refractivity contribution in [2.45, 2.75) is 32.9 Å². The molecule has 0 saturated carbocycles. The zero-order valence-electron chi connectivity index (χ0n) is 5.96. The van der Waals surface area contributed by atoms with Crippen LogP contribution in [0.2, 0.25) is 0 Å². The van der Waals surface area contributed by atoms with E-state index in [1.807, 2.05) is 13.1 Å². The minimum Gasteiger partial charge on any atom is -0.270 e. The molecule has 0 radical (unpaired) electrons. The monoisotopic (exact) mass is 124 g/mol. The minimum absolute atomic E-state index is 0.221. The predicted octanol–water partition coefficient (Wildman–Crippen LogP) is 1.66. The van der Waals surface area contributed by atoms with Crippen molar-refractivity contribution in [1.82, 2.24) is 0 Å². The summed E-state index contributed by atoms with van der Waals surface area (Å²) >= 11 is 0. The quantitative estimate of drug-likeness (QED) is 0.508. The van der Waals surface area contributed by atoms with Crippen molar-refractivity contribution >= 4 is 11.9 Å². The molecule has 9 heavy (non-hydrogen) atoms. The Morgan fingerprint density at radius 3 is 3.00 bits per heavy atom. The maximum absolute atomic E-state index is 4.32. The highest BCUT2D eigenvalue weighted by atomic mass is 15.0. The maximum atomic E-state index is 4.32. The summed E-state index contributed by atoms with van der Waals surface area (Å²) < 4.78 is 0. The summed E-state index contributed by atoms with van der Waals surface area (Å²) in [4.78, 5) is 8.51. The molecule has 0 fully saturated rings. The second-order valence-electron chi connectivity index (χ2n) is 2.29. The van der Waals surface area contributed by atoms with Crippen LogP contribution in [0.1, 0.15) is 26.7 Å². The Morgan fingerprint density at radius 1 is 1.78 bits per heavy atom. The van der Waals surface area contributed by atoms with E-state index in [4.69, 9.17) is 0 Å². The van der Waals surface area contributed by atoms with Gasteiger partial charge in [0.1, 0.15) is 6.17 Å². The molecule has 0 aromatic heterocycles. The van der Waals surface area contributed by atoms with Gasteiger partial charge in [-0.25, -0.2) is 0 Å². The average molecular weight is 124 g/mol. The summed E-state index contributed by atoms with van der Waals surface area (Å²) in [5, 5.41) is 0. The molecule has 1 atom stereocenters. The second-order valence-corrected chi connectivity index (χ2v) is 2.29. The third-order valence-corrected chi connectivity index (χ3v) is 1.40. The molecule has 1 heterocycles. The van der Waals surface area contributed by atoms with E-state index in [0.717, 1.165) is 12.8 Å². The van der Waals surface area contributed by atoms with Crippen molar-refractivity contribution in [1.29, 1.82) is 0 Å². The van der Waals surface area contributed by atoms with Gasteiger partial charge in [0.25, 0.3) is 0 Å². The molecular weight excluding hydrogens is 112 g/mol. The van der Waals surface area contributed by atoms with E-state index in [2.05, 4.69) is 16.9 Å². The van der Waals surface area contributed by atoms with Crippen LogP contribution in [0.5, 0.6) is 0 Å². The fourth-order valence-corrected chi connectivity index (χ4v) is 0.844. The zero-order chi connectivity index (χ0) is 6.69. The number of rotatable bonds is 1. The standard InChI is InChI=1S/C7H12N2/c1-3-7-8-5-4-6(2)9-7/h5,7H,3-4H2,1-2H3. The Balaban J connectivity index is 2.55. The second kappa shape index (κ2) is 2.76. The highest BCUT2D eigenvalue weighted by Crippen LogP contribution is 2.04. The van der Waals surface area contributed by atoms with Crippen LogP contribution in [0.25, 0.3) is 0 Å². The topological polar surface area (TPSA) is 24.7 Å². The van der Waals surface area contributed by atoms with Gasteiger partial charge in [0.2, 0.25) is 0 Å². The van der Waals surface area contributed by atoms with Crippen molar-refractivity contribution in [3.63, 3.8) is 0 Å². The molecule has 1 rings (SSSR count). The van der Waals surface area contributed by atoms with Crippen LogP contribution in [0.3, 0.4) is 0 Å². The molecule has 1 aliphatic heterocycles. The smallest absolute Gasteiger partial charge is 0.138 e. The highest BCUT2D eigenvalue weighted by molar-refractivity contribution is 5.95. The van der Waals surface area contributed by atoms with Crippen molar-refractivity contribution in [2.75, 3.05) is 0 Å². The van der Waals surface area contributed by atoms with E-state index in [1.165, 1.54) is 5.71 Å². The van der Waals surface area contributed by atoms with Crippen LogP contribution >= 0.6 is 0 Å². The summed E-state index contributed by atoms with van der Waals surface area (Å²) in [5.41, 5.74) is 1.21. The minimum atomic E-state index is 0.221. The molecule has 0 amide bonds.